The van der Waals surface area contributed by atoms with E-state index in [-0.39, 0.29) is 5.91 Å². The zero-order valence-corrected chi connectivity index (χ0v) is 11.9. The molecule has 0 bridgehead atoms. The maximum Gasteiger partial charge on any atom is 0.416 e. The first-order chi connectivity index (χ1) is 9.91. The zero-order chi connectivity index (χ0) is 15.5. The summed E-state index contributed by atoms with van der Waals surface area (Å²) in [5, 5.41) is 3.12. The summed E-state index contributed by atoms with van der Waals surface area (Å²) in [6.45, 7) is 2.25. The van der Waals surface area contributed by atoms with Crippen molar-refractivity contribution < 1.29 is 18.0 Å². The fourth-order valence-corrected chi connectivity index (χ4v) is 2.61. The van der Waals surface area contributed by atoms with E-state index in [1.54, 1.807) is 4.90 Å². The summed E-state index contributed by atoms with van der Waals surface area (Å²) in [7, 11) is 1.90. The predicted octanol–water partition coefficient (Wildman–Crippen LogP) is 2.78. The molecule has 6 heteroatoms. The minimum atomic E-state index is -4.37. The van der Waals surface area contributed by atoms with E-state index in [1.807, 2.05) is 7.05 Å². The van der Waals surface area contributed by atoms with Gasteiger partial charge in [-0.15, -0.1) is 0 Å². The number of nitrogens with zero attached hydrogens (tertiary/aromatic N) is 1. The van der Waals surface area contributed by atoms with Crippen molar-refractivity contribution in [1.29, 1.82) is 0 Å². The minimum Gasteiger partial charge on any atom is -0.339 e. The summed E-state index contributed by atoms with van der Waals surface area (Å²) in [6.07, 6.45) is -2.52. The molecule has 1 aliphatic rings. The number of alkyl halides is 3. The van der Waals surface area contributed by atoms with Crippen molar-refractivity contribution in [1.82, 2.24) is 10.2 Å². The molecular formula is C15H19F3N2O. The zero-order valence-electron chi connectivity index (χ0n) is 11.9. The molecule has 1 heterocycles. The second-order valence-corrected chi connectivity index (χ2v) is 5.37. The number of nitrogens with one attached hydrogen (secondary N) is 1. The number of carbonyl (C=O) groups excluding carboxylic acids is 1. The average Bonchev–Trinajstić information content (AvgIpc) is 2.47. The first-order valence-corrected chi connectivity index (χ1v) is 7.03. The highest BCUT2D eigenvalue weighted by atomic mass is 19.4. The number of amides is 1. The molecule has 1 aromatic rings. The molecule has 21 heavy (non-hydrogen) atoms. The smallest absolute Gasteiger partial charge is 0.339 e. The molecule has 1 fully saturated rings. The van der Waals surface area contributed by atoms with Crippen LogP contribution in [0.2, 0.25) is 0 Å². The summed E-state index contributed by atoms with van der Waals surface area (Å²) in [5.41, 5.74) is -0.415. The first-order valence-electron chi connectivity index (χ1n) is 7.03. The lowest BCUT2D eigenvalue weighted by molar-refractivity contribution is -0.137. The Morgan fingerprint density at radius 1 is 1.24 bits per heavy atom. The highest BCUT2D eigenvalue weighted by Gasteiger charge is 2.30. The molecule has 116 valence electrons. The van der Waals surface area contributed by atoms with Gasteiger partial charge in [0.25, 0.3) is 5.91 Å². The van der Waals surface area contributed by atoms with Gasteiger partial charge in [-0.2, -0.15) is 13.2 Å². The van der Waals surface area contributed by atoms with Crippen molar-refractivity contribution >= 4 is 5.91 Å². The summed E-state index contributed by atoms with van der Waals surface area (Å²) >= 11 is 0. The number of halogens is 3. The van der Waals surface area contributed by atoms with Gasteiger partial charge < -0.3 is 10.2 Å². The Kier molecular flexibility index (Phi) is 4.88. The second kappa shape index (κ2) is 6.47. The van der Waals surface area contributed by atoms with Crippen molar-refractivity contribution in [3.8, 4) is 0 Å². The van der Waals surface area contributed by atoms with Crippen molar-refractivity contribution in [3.05, 3.63) is 35.4 Å². The van der Waals surface area contributed by atoms with Crippen molar-refractivity contribution in [2.24, 2.45) is 5.92 Å². The van der Waals surface area contributed by atoms with Crippen LogP contribution in [0.3, 0.4) is 0 Å². The molecule has 0 aromatic heterocycles. The average molecular weight is 300 g/mol. The van der Waals surface area contributed by atoms with Crippen molar-refractivity contribution in [3.63, 3.8) is 0 Å². The quantitative estimate of drug-likeness (QED) is 0.931. The molecule has 0 unspecified atom stereocenters. The number of hydrogen-bond donors (Lipinski definition) is 1. The van der Waals surface area contributed by atoms with Gasteiger partial charge in [0.15, 0.2) is 0 Å². The van der Waals surface area contributed by atoms with Crippen molar-refractivity contribution in [2.75, 3.05) is 26.7 Å². The molecule has 1 aliphatic heterocycles. The third kappa shape index (κ3) is 3.97. The lowest BCUT2D eigenvalue weighted by atomic mass is 9.96. The van der Waals surface area contributed by atoms with E-state index < -0.39 is 11.7 Å². The Labute approximate surface area is 122 Å². The first kappa shape index (κ1) is 15.8. The van der Waals surface area contributed by atoms with Gasteiger partial charge in [-0.25, -0.2) is 0 Å². The van der Waals surface area contributed by atoms with Crippen LogP contribution in [0.4, 0.5) is 13.2 Å². The maximum atomic E-state index is 12.5. The van der Waals surface area contributed by atoms with E-state index in [1.165, 1.54) is 12.1 Å². The molecule has 2 rings (SSSR count). The highest BCUT2D eigenvalue weighted by Crippen LogP contribution is 2.29. The number of likely N-dealkylation sites (tertiary alicyclic amines) is 1. The Morgan fingerprint density at radius 3 is 2.29 bits per heavy atom. The second-order valence-electron chi connectivity index (χ2n) is 5.37. The van der Waals surface area contributed by atoms with Gasteiger partial charge >= 0.3 is 6.18 Å². The molecule has 1 aromatic carbocycles. The third-order valence-corrected chi connectivity index (χ3v) is 3.85. The molecule has 3 nitrogen and oxygen atoms in total. The van der Waals surface area contributed by atoms with Crippen molar-refractivity contribution in [2.45, 2.75) is 19.0 Å². The Hall–Kier alpha value is -1.56. The SMILES string of the molecule is CNCC1CCN(C(=O)c2ccc(C(F)(F)F)cc2)CC1. The summed E-state index contributed by atoms with van der Waals surface area (Å²) < 4.78 is 37.5. The van der Waals surface area contributed by atoms with Gasteiger partial charge in [0.2, 0.25) is 0 Å². The van der Waals surface area contributed by atoms with Crippen LogP contribution in [0.5, 0.6) is 0 Å². The van der Waals surface area contributed by atoms with E-state index >= 15 is 0 Å². The van der Waals surface area contributed by atoms with Crippen LogP contribution >= 0.6 is 0 Å². The Balaban J connectivity index is 1.98. The number of benzene rings is 1. The fourth-order valence-electron chi connectivity index (χ4n) is 2.61. The fraction of sp³-hybridized carbons (Fsp3) is 0.533. The molecule has 0 radical (unpaired) electrons. The highest BCUT2D eigenvalue weighted by molar-refractivity contribution is 5.94. The Bertz CT molecular complexity index is 477. The van der Waals surface area contributed by atoms with Gasteiger partial charge in [0.1, 0.15) is 0 Å². The topological polar surface area (TPSA) is 32.3 Å². The number of carbonyl (C=O) groups is 1. The van der Waals surface area contributed by atoms with E-state index in [9.17, 15) is 18.0 Å². The van der Waals surface area contributed by atoms with Gasteiger partial charge in [0.05, 0.1) is 5.56 Å². The predicted molar refractivity (Wildman–Crippen MR) is 74.0 cm³/mol. The summed E-state index contributed by atoms with van der Waals surface area (Å²) in [5.74, 6) is 0.373. The van der Waals surface area contributed by atoms with Gasteiger partial charge in [0, 0.05) is 18.7 Å². The number of hydrogen-bond acceptors (Lipinski definition) is 2. The number of piperidine rings is 1. The van der Waals surface area contributed by atoms with Crippen LogP contribution in [0.15, 0.2) is 24.3 Å². The molecule has 0 spiro atoms. The van der Waals surface area contributed by atoms with E-state index in [2.05, 4.69) is 5.32 Å². The van der Waals surface area contributed by atoms with Crippen LogP contribution in [0.25, 0.3) is 0 Å². The van der Waals surface area contributed by atoms with Crippen LogP contribution in [0.1, 0.15) is 28.8 Å². The largest absolute Gasteiger partial charge is 0.416 e. The molecular weight excluding hydrogens is 281 g/mol. The van der Waals surface area contributed by atoms with E-state index in [0.717, 1.165) is 31.5 Å². The third-order valence-electron chi connectivity index (χ3n) is 3.85. The van der Waals surface area contributed by atoms with Gasteiger partial charge in [-0.3, -0.25) is 4.79 Å². The molecule has 0 aliphatic carbocycles. The molecule has 1 saturated heterocycles. The minimum absolute atomic E-state index is 0.188. The van der Waals surface area contributed by atoms with Crippen LogP contribution in [-0.2, 0) is 6.18 Å². The normalized spacial score (nSPS) is 17.0. The standard InChI is InChI=1S/C15H19F3N2O/c1-19-10-11-6-8-20(9-7-11)14(21)12-2-4-13(5-3-12)15(16,17)18/h2-5,11,19H,6-10H2,1H3. The van der Waals surface area contributed by atoms with Crippen LogP contribution in [-0.4, -0.2) is 37.5 Å². The monoisotopic (exact) mass is 300 g/mol. The molecule has 1 N–H and O–H groups in total. The van der Waals surface area contributed by atoms with Crippen LogP contribution in [0, 0.1) is 5.92 Å². The van der Waals surface area contributed by atoms with Crippen LogP contribution < -0.4 is 5.32 Å². The van der Waals surface area contributed by atoms with Gasteiger partial charge in [-0.05, 0) is 56.6 Å². The molecule has 1 amide bonds. The lowest BCUT2D eigenvalue weighted by Crippen LogP contribution is -2.40. The maximum absolute atomic E-state index is 12.5. The van der Waals surface area contributed by atoms with Gasteiger partial charge in [-0.1, -0.05) is 0 Å². The van der Waals surface area contributed by atoms with E-state index in [4.69, 9.17) is 0 Å². The van der Waals surface area contributed by atoms with E-state index in [0.29, 0.717) is 24.6 Å². The molecule has 0 saturated carbocycles. The lowest BCUT2D eigenvalue weighted by Gasteiger charge is -2.32. The molecule has 0 atom stereocenters. The Morgan fingerprint density at radius 2 is 1.81 bits per heavy atom. The summed E-state index contributed by atoms with van der Waals surface area (Å²) in [4.78, 5) is 14.0. The number of rotatable bonds is 3. The summed E-state index contributed by atoms with van der Waals surface area (Å²) in [6, 6.07) is 4.43.